The molecule has 1 heterocycles. The van der Waals surface area contributed by atoms with Crippen LogP contribution in [0.25, 0.3) is 11.0 Å². The van der Waals surface area contributed by atoms with Gasteiger partial charge in [0, 0.05) is 17.5 Å². The third-order valence-electron chi connectivity index (χ3n) is 2.96. The van der Waals surface area contributed by atoms with Gasteiger partial charge in [-0.15, -0.1) is 0 Å². The molecule has 0 radical (unpaired) electrons. The fourth-order valence-corrected chi connectivity index (χ4v) is 2.02. The second kappa shape index (κ2) is 6.23. The van der Waals surface area contributed by atoms with Crippen molar-refractivity contribution in [2.24, 2.45) is 0 Å². The van der Waals surface area contributed by atoms with Gasteiger partial charge in [0.15, 0.2) is 0 Å². The van der Waals surface area contributed by atoms with Crippen LogP contribution >= 0.6 is 0 Å². The Morgan fingerprint density at radius 3 is 2.85 bits per heavy atom. The molecular weight excluding hydrogens is 260 g/mol. The van der Waals surface area contributed by atoms with Gasteiger partial charge in [-0.3, -0.25) is 0 Å². The lowest BCUT2D eigenvalue weighted by Gasteiger charge is -2.09. The number of carbonyl (C=O) groups is 1. The van der Waals surface area contributed by atoms with Gasteiger partial charge in [-0.1, -0.05) is 13.3 Å². The number of ether oxygens (including phenoxy) is 1. The maximum Gasteiger partial charge on any atom is 0.336 e. The Morgan fingerprint density at radius 2 is 2.15 bits per heavy atom. The second-order valence-electron chi connectivity index (χ2n) is 4.51. The number of carboxylic acids is 1. The van der Waals surface area contributed by atoms with Crippen LogP contribution < -0.4 is 15.5 Å². The van der Waals surface area contributed by atoms with Crippen molar-refractivity contribution in [2.75, 3.05) is 6.61 Å². The van der Waals surface area contributed by atoms with E-state index < -0.39 is 18.2 Å². The van der Waals surface area contributed by atoms with E-state index in [9.17, 15) is 14.7 Å². The molecule has 2 rings (SSSR count). The van der Waals surface area contributed by atoms with E-state index in [1.807, 2.05) is 0 Å². The summed E-state index contributed by atoms with van der Waals surface area (Å²) in [4.78, 5) is 21.9. The minimum Gasteiger partial charge on any atom is -0.546 e. The Morgan fingerprint density at radius 1 is 1.35 bits per heavy atom. The number of unbranched alkanes of at least 4 members (excludes halogenated alkanes) is 1. The highest BCUT2D eigenvalue weighted by atomic mass is 16.5. The second-order valence-corrected chi connectivity index (χ2v) is 4.51. The summed E-state index contributed by atoms with van der Waals surface area (Å²) in [5.41, 5.74) is 0.921. The number of rotatable bonds is 6. The van der Waals surface area contributed by atoms with E-state index in [-0.39, 0.29) is 0 Å². The number of aliphatic carboxylic acids is 1. The first-order chi connectivity index (χ1) is 9.60. The van der Waals surface area contributed by atoms with Gasteiger partial charge >= 0.3 is 5.63 Å². The molecule has 0 amide bonds. The topological polar surface area (TPSA) is 79.6 Å². The van der Waals surface area contributed by atoms with E-state index in [2.05, 4.69) is 6.92 Å². The van der Waals surface area contributed by atoms with Crippen molar-refractivity contribution in [1.29, 1.82) is 0 Å². The fourth-order valence-electron chi connectivity index (χ4n) is 2.02. The number of fused-ring (bicyclic) bond motifs is 1. The molecule has 0 bridgehead atoms. The molecule has 0 saturated carbocycles. The number of carbonyl (C=O) groups excluding carboxylic acids is 1. The summed E-state index contributed by atoms with van der Waals surface area (Å²) in [7, 11) is 0. The summed E-state index contributed by atoms with van der Waals surface area (Å²) in [6.07, 6.45) is 2.83. The molecule has 0 N–H and O–H groups in total. The maximum absolute atomic E-state index is 11.5. The zero-order valence-electron chi connectivity index (χ0n) is 11.2. The van der Waals surface area contributed by atoms with Gasteiger partial charge < -0.3 is 19.1 Å². The smallest absolute Gasteiger partial charge is 0.336 e. The van der Waals surface area contributed by atoms with Gasteiger partial charge in [0.25, 0.3) is 0 Å². The van der Waals surface area contributed by atoms with E-state index in [4.69, 9.17) is 9.15 Å². The highest BCUT2D eigenvalue weighted by molar-refractivity contribution is 5.81. The lowest BCUT2D eigenvalue weighted by Crippen LogP contribution is -2.28. The van der Waals surface area contributed by atoms with Crippen molar-refractivity contribution in [1.82, 2.24) is 0 Å². The number of hydrogen-bond acceptors (Lipinski definition) is 5. The van der Waals surface area contributed by atoms with Crippen LogP contribution in [0, 0.1) is 0 Å². The molecule has 5 heteroatoms. The van der Waals surface area contributed by atoms with E-state index in [0.717, 1.165) is 30.2 Å². The first-order valence-corrected chi connectivity index (χ1v) is 6.49. The van der Waals surface area contributed by atoms with Crippen molar-refractivity contribution < 1.29 is 19.1 Å². The predicted octanol–water partition coefficient (Wildman–Crippen LogP) is 1.26. The Bertz CT molecular complexity index is 672. The molecule has 106 valence electrons. The molecule has 0 spiro atoms. The molecule has 0 aliphatic carbocycles. The van der Waals surface area contributed by atoms with Crippen LogP contribution in [-0.2, 0) is 11.2 Å². The van der Waals surface area contributed by atoms with Gasteiger partial charge in [-0.25, -0.2) is 4.79 Å². The van der Waals surface area contributed by atoms with Crippen LogP contribution in [0.1, 0.15) is 25.3 Å². The highest BCUT2D eigenvalue weighted by Crippen LogP contribution is 2.23. The van der Waals surface area contributed by atoms with E-state index in [1.54, 1.807) is 12.1 Å². The van der Waals surface area contributed by atoms with Crippen molar-refractivity contribution in [3.63, 3.8) is 0 Å². The van der Waals surface area contributed by atoms with Crippen molar-refractivity contribution in [3.8, 4) is 5.75 Å². The van der Waals surface area contributed by atoms with Gasteiger partial charge in [-0.05, 0) is 30.5 Å². The largest absolute Gasteiger partial charge is 0.546 e. The van der Waals surface area contributed by atoms with Crippen LogP contribution in [-0.4, -0.2) is 12.6 Å². The molecule has 0 unspecified atom stereocenters. The van der Waals surface area contributed by atoms with Crippen LogP contribution in [0.4, 0.5) is 0 Å². The fraction of sp³-hybridized carbons (Fsp3) is 0.333. The molecule has 0 saturated heterocycles. The minimum atomic E-state index is -1.30. The first-order valence-electron chi connectivity index (χ1n) is 6.49. The Kier molecular flexibility index (Phi) is 4.40. The van der Waals surface area contributed by atoms with Crippen LogP contribution in [0.5, 0.6) is 5.75 Å². The van der Waals surface area contributed by atoms with Crippen LogP contribution in [0.2, 0.25) is 0 Å². The Balaban J connectivity index is 2.37. The van der Waals surface area contributed by atoms with Gasteiger partial charge in [0.1, 0.15) is 17.9 Å². The van der Waals surface area contributed by atoms with Crippen molar-refractivity contribution in [3.05, 3.63) is 40.2 Å². The summed E-state index contributed by atoms with van der Waals surface area (Å²) in [6, 6.07) is 6.45. The average molecular weight is 275 g/mol. The third kappa shape index (κ3) is 3.38. The minimum absolute atomic E-state index is 0.331. The molecule has 2 aromatic rings. The summed E-state index contributed by atoms with van der Waals surface area (Å²) in [5.74, 6) is -0.972. The Labute approximate surface area is 115 Å². The monoisotopic (exact) mass is 275 g/mol. The van der Waals surface area contributed by atoms with Crippen LogP contribution in [0.15, 0.2) is 33.5 Å². The standard InChI is InChI=1S/C15H16O5/c1-2-3-4-10-7-15(18)20-13-8-11(5-6-12(10)13)19-9-14(16)17/h5-8H,2-4,9H2,1H3,(H,16,17)/p-1. The molecular formula is C15H15O5-. The predicted molar refractivity (Wildman–Crippen MR) is 71.6 cm³/mol. The Hall–Kier alpha value is -2.30. The van der Waals surface area contributed by atoms with Gasteiger partial charge in [0.05, 0.1) is 5.97 Å². The van der Waals surface area contributed by atoms with Crippen LogP contribution in [0.3, 0.4) is 0 Å². The number of benzene rings is 1. The number of carboxylic acid groups (broad SMARTS) is 1. The molecule has 0 aliphatic rings. The summed E-state index contributed by atoms with van der Waals surface area (Å²) in [5, 5.41) is 11.2. The SMILES string of the molecule is CCCCc1cc(=O)oc2cc(OCC(=O)[O-])ccc12. The zero-order chi connectivity index (χ0) is 14.5. The van der Waals surface area contributed by atoms with E-state index in [1.165, 1.54) is 12.1 Å². The molecule has 0 atom stereocenters. The zero-order valence-corrected chi connectivity index (χ0v) is 11.2. The van der Waals surface area contributed by atoms with E-state index >= 15 is 0 Å². The first kappa shape index (κ1) is 14.1. The summed E-state index contributed by atoms with van der Waals surface area (Å²) >= 11 is 0. The molecule has 5 nitrogen and oxygen atoms in total. The van der Waals surface area contributed by atoms with Gasteiger partial charge in [0.2, 0.25) is 0 Å². The van der Waals surface area contributed by atoms with Crippen molar-refractivity contribution in [2.45, 2.75) is 26.2 Å². The number of aryl methyl sites for hydroxylation is 1. The molecule has 0 fully saturated rings. The highest BCUT2D eigenvalue weighted by Gasteiger charge is 2.07. The van der Waals surface area contributed by atoms with E-state index in [0.29, 0.717) is 11.3 Å². The lowest BCUT2D eigenvalue weighted by molar-refractivity contribution is -0.307. The summed E-state index contributed by atoms with van der Waals surface area (Å²) < 4.78 is 10.1. The quantitative estimate of drug-likeness (QED) is 0.741. The molecule has 1 aromatic heterocycles. The lowest BCUT2D eigenvalue weighted by atomic mass is 10.0. The third-order valence-corrected chi connectivity index (χ3v) is 2.96. The number of hydrogen-bond donors (Lipinski definition) is 0. The molecule has 20 heavy (non-hydrogen) atoms. The summed E-state index contributed by atoms with van der Waals surface area (Å²) in [6.45, 7) is 1.55. The van der Waals surface area contributed by atoms with Crippen molar-refractivity contribution >= 4 is 16.9 Å². The molecule has 0 aliphatic heterocycles. The van der Waals surface area contributed by atoms with Gasteiger partial charge in [-0.2, -0.15) is 0 Å². The average Bonchev–Trinajstić information content (AvgIpc) is 2.41. The maximum atomic E-state index is 11.5. The molecule has 1 aromatic carbocycles. The normalized spacial score (nSPS) is 10.7.